The van der Waals surface area contributed by atoms with E-state index in [-0.39, 0.29) is 24.3 Å². The number of nitrogen functional groups attached to an aromatic ring is 1. The molecule has 0 fully saturated rings. The fourth-order valence-electron chi connectivity index (χ4n) is 0.861. The Morgan fingerprint density at radius 1 is 1.57 bits per heavy atom. The number of hydrogen-bond acceptors (Lipinski definition) is 4. The average Bonchev–Trinajstić information content (AvgIpc) is 2.14. The molecule has 0 spiro atoms. The van der Waals surface area contributed by atoms with Gasteiger partial charge in [0.15, 0.2) is 23.3 Å². The molecule has 78 valence electrons. The Balaban J connectivity index is 2.92. The first-order chi connectivity index (χ1) is 6.54. The van der Waals surface area contributed by atoms with Gasteiger partial charge in [-0.25, -0.2) is 13.8 Å². The molecule has 0 saturated heterocycles. The number of rotatable bonds is 3. The highest BCUT2D eigenvalue weighted by molar-refractivity contribution is 5.45. The first kappa shape index (κ1) is 10.6. The Hall–Kier alpha value is -1.43. The Morgan fingerprint density at radius 2 is 2.21 bits per heavy atom. The normalized spacial score (nSPS) is 12.6. The molecular weight excluding hydrogens is 192 g/mol. The topological polar surface area (TPSA) is 71.2 Å². The van der Waals surface area contributed by atoms with E-state index in [1.807, 2.05) is 0 Å². The summed E-state index contributed by atoms with van der Waals surface area (Å²) < 4.78 is 25.7. The van der Waals surface area contributed by atoms with Crippen LogP contribution in [0.25, 0.3) is 0 Å². The number of anilines is 2. The van der Waals surface area contributed by atoms with Crippen LogP contribution in [0.3, 0.4) is 0 Å². The second kappa shape index (κ2) is 4.19. The van der Waals surface area contributed by atoms with Gasteiger partial charge in [-0.05, 0) is 6.92 Å². The van der Waals surface area contributed by atoms with E-state index in [0.29, 0.717) is 6.07 Å². The molecule has 6 heteroatoms. The van der Waals surface area contributed by atoms with Crippen molar-refractivity contribution in [3.8, 4) is 0 Å². The van der Waals surface area contributed by atoms with E-state index in [0.717, 1.165) is 0 Å². The second-order valence-corrected chi connectivity index (χ2v) is 2.91. The van der Waals surface area contributed by atoms with Crippen LogP contribution in [0.1, 0.15) is 6.92 Å². The Kier molecular flexibility index (Phi) is 3.19. The van der Waals surface area contributed by atoms with Crippen molar-refractivity contribution in [3.05, 3.63) is 17.7 Å². The van der Waals surface area contributed by atoms with E-state index in [4.69, 9.17) is 10.8 Å². The molecular formula is C8H11F2N3O. The van der Waals surface area contributed by atoms with Gasteiger partial charge >= 0.3 is 0 Å². The van der Waals surface area contributed by atoms with E-state index in [1.165, 1.54) is 0 Å². The van der Waals surface area contributed by atoms with E-state index in [1.54, 1.807) is 6.92 Å². The largest absolute Gasteiger partial charge is 0.394 e. The average molecular weight is 203 g/mol. The van der Waals surface area contributed by atoms with Gasteiger partial charge in [0.1, 0.15) is 0 Å². The lowest BCUT2D eigenvalue weighted by Gasteiger charge is -2.12. The summed E-state index contributed by atoms with van der Waals surface area (Å²) in [4.78, 5) is 3.47. The number of halogens is 2. The Labute approximate surface area is 79.8 Å². The van der Waals surface area contributed by atoms with Crippen molar-refractivity contribution in [1.82, 2.24) is 4.98 Å². The van der Waals surface area contributed by atoms with Crippen LogP contribution in [0.15, 0.2) is 6.07 Å². The highest BCUT2D eigenvalue weighted by atomic mass is 19.1. The van der Waals surface area contributed by atoms with E-state index in [2.05, 4.69) is 10.3 Å². The van der Waals surface area contributed by atoms with E-state index >= 15 is 0 Å². The fraction of sp³-hybridized carbons (Fsp3) is 0.375. The molecule has 1 atom stereocenters. The number of hydrogen-bond donors (Lipinski definition) is 3. The molecule has 0 bridgehead atoms. The molecule has 0 saturated carbocycles. The maximum atomic E-state index is 13.0. The van der Waals surface area contributed by atoms with Crippen LogP contribution < -0.4 is 11.1 Å². The minimum absolute atomic E-state index is 0.162. The van der Waals surface area contributed by atoms with Crippen molar-refractivity contribution in [2.75, 3.05) is 17.7 Å². The molecule has 0 radical (unpaired) electrons. The molecule has 0 aliphatic rings. The molecule has 0 aliphatic carbocycles. The number of aliphatic hydroxyl groups is 1. The van der Waals surface area contributed by atoms with Crippen LogP contribution in [-0.4, -0.2) is 22.7 Å². The number of nitrogens with two attached hydrogens (primary N) is 1. The summed E-state index contributed by atoms with van der Waals surface area (Å²) in [6.45, 7) is 1.44. The molecule has 1 unspecified atom stereocenters. The van der Waals surface area contributed by atoms with Crippen LogP contribution in [0.4, 0.5) is 20.4 Å². The van der Waals surface area contributed by atoms with Crippen LogP contribution in [-0.2, 0) is 0 Å². The lowest BCUT2D eigenvalue weighted by atomic mass is 10.3. The number of pyridine rings is 1. The van der Waals surface area contributed by atoms with E-state index in [9.17, 15) is 8.78 Å². The molecule has 0 amide bonds. The molecule has 4 nitrogen and oxygen atoms in total. The Morgan fingerprint density at radius 3 is 2.79 bits per heavy atom. The molecule has 1 aromatic rings. The summed E-state index contributed by atoms with van der Waals surface area (Å²) in [5, 5.41) is 11.2. The lowest BCUT2D eigenvalue weighted by Crippen LogP contribution is -2.21. The van der Waals surface area contributed by atoms with E-state index < -0.39 is 11.6 Å². The molecule has 0 aromatic carbocycles. The number of aliphatic hydroxyl groups excluding tert-OH is 1. The van der Waals surface area contributed by atoms with Crippen LogP contribution in [0.5, 0.6) is 0 Å². The van der Waals surface area contributed by atoms with Gasteiger partial charge in [0.25, 0.3) is 0 Å². The maximum absolute atomic E-state index is 13.0. The van der Waals surface area contributed by atoms with Gasteiger partial charge in [-0.1, -0.05) is 0 Å². The zero-order chi connectivity index (χ0) is 10.7. The van der Waals surface area contributed by atoms with Crippen molar-refractivity contribution < 1.29 is 13.9 Å². The SMILES string of the molecule is CC(CO)Nc1nc(N)c(F)cc1F. The van der Waals surface area contributed by atoms with Gasteiger partial charge < -0.3 is 16.2 Å². The van der Waals surface area contributed by atoms with Gasteiger partial charge in [0.05, 0.1) is 6.61 Å². The first-order valence-corrected chi connectivity index (χ1v) is 4.03. The smallest absolute Gasteiger partial charge is 0.168 e. The van der Waals surface area contributed by atoms with Crippen molar-refractivity contribution in [2.45, 2.75) is 13.0 Å². The lowest BCUT2D eigenvalue weighted by molar-refractivity contribution is 0.281. The van der Waals surface area contributed by atoms with Gasteiger partial charge in [-0.2, -0.15) is 0 Å². The number of nitrogens with zero attached hydrogens (tertiary/aromatic N) is 1. The Bertz CT molecular complexity index is 333. The molecule has 1 aromatic heterocycles. The standard InChI is InChI=1S/C8H11F2N3O/c1-4(3-14)12-8-6(10)2-5(9)7(11)13-8/h2,4,14H,3H2,1H3,(H3,11,12,13). The third-order valence-electron chi connectivity index (χ3n) is 1.61. The summed E-state index contributed by atoms with van der Waals surface area (Å²) >= 11 is 0. The van der Waals surface area contributed by atoms with Gasteiger partial charge in [-0.15, -0.1) is 0 Å². The van der Waals surface area contributed by atoms with Gasteiger partial charge in [0, 0.05) is 12.1 Å². The van der Waals surface area contributed by atoms with Crippen molar-refractivity contribution >= 4 is 11.6 Å². The third-order valence-corrected chi connectivity index (χ3v) is 1.61. The summed E-state index contributed by atoms with van der Waals surface area (Å²) in [5.41, 5.74) is 5.15. The molecule has 1 rings (SSSR count). The summed E-state index contributed by atoms with van der Waals surface area (Å²) in [7, 11) is 0. The predicted molar refractivity (Wildman–Crippen MR) is 48.7 cm³/mol. The summed E-state index contributed by atoms with van der Waals surface area (Å²) in [5.74, 6) is -2.27. The predicted octanol–water partition coefficient (Wildman–Crippen LogP) is 0.735. The second-order valence-electron chi connectivity index (χ2n) is 2.91. The van der Waals surface area contributed by atoms with Crippen molar-refractivity contribution in [2.24, 2.45) is 0 Å². The number of aromatic nitrogens is 1. The molecule has 14 heavy (non-hydrogen) atoms. The highest BCUT2D eigenvalue weighted by Crippen LogP contribution is 2.16. The minimum atomic E-state index is -0.898. The monoisotopic (exact) mass is 203 g/mol. The zero-order valence-electron chi connectivity index (χ0n) is 7.59. The van der Waals surface area contributed by atoms with Crippen LogP contribution in [0.2, 0.25) is 0 Å². The van der Waals surface area contributed by atoms with Gasteiger partial charge in [-0.3, -0.25) is 0 Å². The van der Waals surface area contributed by atoms with Crippen LogP contribution >= 0.6 is 0 Å². The molecule has 0 aliphatic heterocycles. The molecule has 4 N–H and O–H groups in total. The molecule has 1 heterocycles. The van der Waals surface area contributed by atoms with Crippen molar-refractivity contribution in [3.63, 3.8) is 0 Å². The van der Waals surface area contributed by atoms with Crippen LogP contribution in [0, 0.1) is 11.6 Å². The highest BCUT2D eigenvalue weighted by Gasteiger charge is 2.11. The third kappa shape index (κ3) is 2.29. The number of nitrogens with one attached hydrogen (secondary N) is 1. The quantitative estimate of drug-likeness (QED) is 0.677. The fourth-order valence-corrected chi connectivity index (χ4v) is 0.861. The summed E-state index contributed by atoms with van der Waals surface area (Å²) in [6.07, 6.45) is 0. The first-order valence-electron chi connectivity index (χ1n) is 4.03. The zero-order valence-corrected chi connectivity index (χ0v) is 7.59. The van der Waals surface area contributed by atoms with Gasteiger partial charge in [0.2, 0.25) is 0 Å². The minimum Gasteiger partial charge on any atom is -0.394 e. The van der Waals surface area contributed by atoms with Crippen molar-refractivity contribution in [1.29, 1.82) is 0 Å². The maximum Gasteiger partial charge on any atom is 0.168 e. The summed E-state index contributed by atoms with van der Waals surface area (Å²) in [6, 6.07) is 0.274.